The molecule has 28 heavy (non-hydrogen) atoms. The van der Waals surface area contributed by atoms with E-state index in [0.29, 0.717) is 24.7 Å². The molecular weight excluding hydrogens is 395 g/mol. The molecule has 0 unspecified atom stereocenters. The zero-order chi connectivity index (χ0) is 21.5. The summed E-state index contributed by atoms with van der Waals surface area (Å²) in [7, 11) is -4.64. The van der Waals surface area contributed by atoms with Crippen molar-refractivity contribution >= 4 is 7.82 Å². The normalized spacial score (nSPS) is 11.8. The number of rotatable bonds is 6. The van der Waals surface area contributed by atoms with E-state index in [1.54, 1.807) is 10.7 Å². The SMILES string of the molecule is CC(C)(C)CCn1nc(CN)cc1OCc1cc(F)ccc1F.O=P(O)(O)O. The molecule has 1 heterocycles. The van der Waals surface area contributed by atoms with Crippen LogP contribution < -0.4 is 10.5 Å². The maximum atomic E-state index is 13.7. The highest BCUT2D eigenvalue weighted by atomic mass is 31.2. The van der Waals surface area contributed by atoms with Crippen LogP contribution in [0.25, 0.3) is 0 Å². The van der Waals surface area contributed by atoms with Crippen LogP contribution in [-0.4, -0.2) is 24.5 Å². The number of nitrogens with zero attached hydrogens (tertiary/aromatic N) is 2. The Morgan fingerprint density at radius 1 is 1.21 bits per heavy atom. The summed E-state index contributed by atoms with van der Waals surface area (Å²) >= 11 is 0. The molecule has 0 spiro atoms. The van der Waals surface area contributed by atoms with Gasteiger partial charge in [-0.15, -0.1) is 0 Å². The second-order valence-electron chi connectivity index (χ2n) is 7.25. The number of ether oxygens (including phenoxy) is 1. The number of hydrogen-bond acceptors (Lipinski definition) is 4. The minimum atomic E-state index is -4.64. The summed E-state index contributed by atoms with van der Waals surface area (Å²) in [4.78, 5) is 21.6. The minimum absolute atomic E-state index is 0.0607. The molecule has 0 aliphatic carbocycles. The van der Waals surface area contributed by atoms with Crippen LogP contribution in [0.1, 0.15) is 38.4 Å². The number of nitrogens with two attached hydrogens (primary N) is 1. The average Bonchev–Trinajstić information content (AvgIpc) is 2.94. The van der Waals surface area contributed by atoms with E-state index in [4.69, 9.17) is 29.7 Å². The molecule has 2 rings (SSSR count). The van der Waals surface area contributed by atoms with Crippen LogP contribution in [0.15, 0.2) is 24.3 Å². The van der Waals surface area contributed by atoms with Gasteiger partial charge >= 0.3 is 7.82 Å². The van der Waals surface area contributed by atoms with E-state index < -0.39 is 19.5 Å². The standard InChI is InChI=1S/C17H23F2N3O.H3O4P/c1-17(2,3)6-7-22-16(9-14(10-20)21-22)23-11-12-8-13(18)4-5-15(12)19;1-5(2,3)4/h4-5,8-9H,6-7,10-11,20H2,1-3H3;(H3,1,2,3,4). The van der Waals surface area contributed by atoms with Gasteiger partial charge in [-0.3, -0.25) is 0 Å². The Labute approximate surface area is 162 Å². The van der Waals surface area contributed by atoms with Gasteiger partial charge in [-0.1, -0.05) is 20.8 Å². The Morgan fingerprint density at radius 2 is 1.82 bits per heavy atom. The summed E-state index contributed by atoms with van der Waals surface area (Å²) in [5.74, 6) is -0.474. The fraction of sp³-hybridized carbons (Fsp3) is 0.471. The van der Waals surface area contributed by atoms with Gasteiger partial charge < -0.3 is 25.2 Å². The maximum absolute atomic E-state index is 13.7. The maximum Gasteiger partial charge on any atom is 0.466 e. The van der Waals surface area contributed by atoms with Gasteiger partial charge in [0.15, 0.2) is 0 Å². The fourth-order valence-electron chi connectivity index (χ4n) is 2.07. The Kier molecular flexibility index (Phi) is 8.72. The average molecular weight is 421 g/mol. The first kappa shape index (κ1) is 24.2. The molecule has 0 fully saturated rings. The zero-order valence-electron chi connectivity index (χ0n) is 16.0. The van der Waals surface area contributed by atoms with Gasteiger partial charge in [-0.25, -0.2) is 18.0 Å². The molecule has 2 aromatic rings. The van der Waals surface area contributed by atoms with Crippen LogP contribution in [0.5, 0.6) is 5.88 Å². The van der Waals surface area contributed by atoms with Crippen molar-refractivity contribution in [2.45, 2.75) is 46.9 Å². The van der Waals surface area contributed by atoms with Crippen molar-refractivity contribution in [3.63, 3.8) is 0 Å². The van der Waals surface area contributed by atoms with Gasteiger partial charge in [-0.2, -0.15) is 5.10 Å². The topological polar surface area (TPSA) is 131 Å². The largest absolute Gasteiger partial charge is 0.473 e. The molecule has 0 aliphatic heterocycles. The van der Waals surface area contributed by atoms with E-state index in [1.165, 1.54) is 0 Å². The number of hydrogen-bond donors (Lipinski definition) is 4. The van der Waals surface area contributed by atoms with Gasteiger partial charge in [0.1, 0.15) is 18.2 Å². The molecule has 1 aromatic heterocycles. The number of halogens is 2. The lowest BCUT2D eigenvalue weighted by atomic mass is 9.92. The van der Waals surface area contributed by atoms with Crippen molar-refractivity contribution in [1.82, 2.24) is 9.78 Å². The van der Waals surface area contributed by atoms with Crippen LogP contribution in [0, 0.1) is 17.0 Å². The van der Waals surface area contributed by atoms with Gasteiger partial charge in [0.25, 0.3) is 0 Å². The predicted octanol–water partition coefficient (Wildman–Crippen LogP) is 2.71. The first-order valence-corrected chi connectivity index (χ1v) is 9.97. The lowest BCUT2D eigenvalue weighted by molar-refractivity contribution is 0.254. The lowest BCUT2D eigenvalue weighted by Crippen LogP contribution is -2.13. The molecular formula is C17H26F2N3O5P. The summed E-state index contributed by atoms with van der Waals surface area (Å²) in [6.07, 6.45) is 0.906. The third-order valence-electron chi connectivity index (χ3n) is 3.46. The molecule has 11 heteroatoms. The van der Waals surface area contributed by atoms with Crippen LogP contribution in [0.3, 0.4) is 0 Å². The molecule has 0 atom stereocenters. The Morgan fingerprint density at radius 3 is 2.36 bits per heavy atom. The monoisotopic (exact) mass is 421 g/mol. The van der Waals surface area contributed by atoms with Crippen LogP contribution in [-0.2, 0) is 24.3 Å². The molecule has 8 nitrogen and oxygen atoms in total. The molecule has 0 amide bonds. The minimum Gasteiger partial charge on any atom is -0.473 e. The number of phosphoric acid groups is 1. The molecule has 1 aromatic carbocycles. The van der Waals surface area contributed by atoms with E-state index in [-0.39, 0.29) is 17.6 Å². The third kappa shape index (κ3) is 9.91. The fourth-order valence-corrected chi connectivity index (χ4v) is 2.07. The van der Waals surface area contributed by atoms with Crippen molar-refractivity contribution in [1.29, 1.82) is 0 Å². The van der Waals surface area contributed by atoms with Gasteiger partial charge in [0, 0.05) is 24.7 Å². The van der Waals surface area contributed by atoms with E-state index in [2.05, 4.69) is 25.9 Å². The molecule has 0 radical (unpaired) electrons. The molecule has 0 saturated heterocycles. The Balaban J connectivity index is 0.000000696. The molecule has 5 N–H and O–H groups in total. The first-order chi connectivity index (χ1) is 12.8. The Hall–Kier alpha value is -1.84. The van der Waals surface area contributed by atoms with Crippen LogP contribution in [0.2, 0.25) is 0 Å². The number of aromatic nitrogens is 2. The lowest BCUT2D eigenvalue weighted by Gasteiger charge is -2.18. The molecule has 0 bridgehead atoms. The third-order valence-corrected chi connectivity index (χ3v) is 3.46. The molecule has 0 saturated carbocycles. The summed E-state index contributed by atoms with van der Waals surface area (Å²) in [5.41, 5.74) is 6.65. The summed E-state index contributed by atoms with van der Waals surface area (Å²) in [5, 5.41) is 4.38. The molecule has 158 valence electrons. The van der Waals surface area contributed by atoms with Gasteiger partial charge in [-0.05, 0) is 30.0 Å². The number of benzene rings is 1. The summed E-state index contributed by atoms with van der Waals surface area (Å²) in [6, 6.07) is 5.05. The van der Waals surface area contributed by atoms with Crippen molar-refractivity contribution in [2.24, 2.45) is 11.1 Å². The summed E-state index contributed by atoms with van der Waals surface area (Å²) in [6.45, 7) is 7.33. The Bertz CT molecular complexity index is 809. The van der Waals surface area contributed by atoms with Crippen LogP contribution >= 0.6 is 7.82 Å². The van der Waals surface area contributed by atoms with Crippen molar-refractivity contribution in [3.05, 3.63) is 47.2 Å². The van der Waals surface area contributed by atoms with E-state index in [9.17, 15) is 8.78 Å². The van der Waals surface area contributed by atoms with Crippen molar-refractivity contribution in [2.75, 3.05) is 0 Å². The highest BCUT2D eigenvalue weighted by Gasteiger charge is 2.15. The van der Waals surface area contributed by atoms with Crippen LogP contribution in [0.4, 0.5) is 8.78 Å². The smallest absolute Gasteiger partial charge is 0.466 e. The highest BCUT2D eigenvalue weighted by molar-refractivity contribution is 7.45. The molecule has 0 aliphatic rings. The zero-order valence-corrected chi connectivity index (χ0v) is 16.9. The summed E-state index contributed by atoms with van der Waals surface area (Å²) < 4.78 is 43.1. The number of aryl methyl sites for hydroxylation is 1. The van der Waals surface area contributed by atoms with Gasteiger partial charge in [0.2, 0.25) is 5.88 Å². The highest BCUT2D eigenvalue weighted by Crippen LogP contribution is 2.26. The second-order valence-corrected chi connectivity index (χ2v) is 8.28. The van der Waals surface area contributed by atoms with E-state index >= 15 is 0 Å². The quantitative estimate of drug-likeness (QED) is 0.528. The van der Waals surface area contributed by atoms with Crippen molar-refractivity contribution in [3.8, 4) is 5.88 Å². The van der Waals surface area contributed by atoms with E-state index in [1.807, 2.05) is 0 Å². The van der Waals surface area contributed by atoms with Crippen molar-refractivity contribution < 1.29 is 32.8 Å². The first-order valence-electron chi connectivity index (χ1n) is 8.40. The predicted molar refractivity (Wildman–Crippen MR) is 99.1 cm³/mol. The van der Waals surface area contributed by atoms with Gasteiger partial charge in [0.05, 0.1) is 5.69 Å². The van der Waals surface area contributed by atoms with E-state index in [0.717, 1.165) is 24.6 Å². The second kappa shape index (κ2) is 10.1.